The zero-order valence-electron chi connectivity index (χ0n) is 13.8. The summed E-state index contributed by atoms with van der Waals surface area (Å²) in [5, 5.41) is 12.5. The standard InChI is InChI=1S/C17H20N4O2/c1-11(2)17(4,10-18)20-15(22)9-21-12(3)19-14-8-6-5-7-13(14)16(21)23/h5-8,11H,9H2,1-4H3,(H,20,22)/t17-/m1/s1. The van der Waals surface area contributed by atoms with Crippen molar-refractivity contribution in [2.75, 3.05) is 0 Å². The zero-order valence-corrected chi connectivity index (χ0v) is 13.8. The molecule has 0 unspecified atom stereocenters. The highest BCUT2D eigenvalue weighted by molar-refractivity contribution is 5.79. The Balaban J connectivity index is 2.34. The molecule has 0 saturated heterocycles. The van der Waals surface area contributed by atoms with E-state index in [9.17, 15) is 14.9 Å². The molecule has 2 rings (SSSR count). The van der Waals surface area contributed by atoms with E-state index in [1.54, 1.807) is 32.0 Å². The molecular weight excluding hydrogens is 292 g/mol. The number of nitriles is 1. The normalized spacial score (nSPS) is 13.6. The van der Waals surface area contributed by atoms with Crippen LogP contribution in [0.3, 0.4) is 0 Å². The monoisotopic (exact) mass is 312 g/mol. The molecule has 6 heteroatoms. The van der Waals surface area contributed by atoms with Gasteiger partial charge in [0, 0.05) is 0 Å². The van der Waals surface area contributed by atoms with Gasteiger partial charge in [0.25, 0.3) is 5.56 Å². The third-order valence-electron chi connectivity index (χ3n) is 4.14. The number of carbonyl (C=O) groups is 1. The predicted molar refractivity (Wildman–Crippen MR) is 87.7 cm³/mol. The number of benzene rings is 1. The Morgan fingerprint density at radius 2 is 2.09 bits per heavy atom. The van der Waals surface area contributed by atoms with E-state index in [0.717, 1.165) is 0 Å². The van der Waals surface area contributed by atoms with Crippen LogP contribution < -0.4 is 10.9 Å². The maximum atomic E-state index is 12.5. The lowest BCUT2D eigenvalue weighted by Gasteiger charge is -2.27. The molecule has 23 heavy (non-hydrogen) atoms. The SMILES string of the molecule is Cc1nc2ccccc2c(=O)n1CC(=O)N[C@](C)(C#N)C(C)C. The van der Waals surface area contributed by atoms with Crippen LogP contribution in [0.4, 0.5) is 0 Å². The van der Waals surface area contributed by atoms with E-state index in [-0.39, 0.29) is 23.9 Å². The van der Waals surface area contributed by atoms with E-state index in [1.807, 2.05) is 19.9 Å². The van der Waals surface area contributed by atoms with E-state index < -0.39 is 5.54 Å². The molecule has 1 N–H and O–H groups in total. The van der Waals surface area contributed by atoms with Crippen LogP contribution in [-0.4, -0.2) is 21.0 Å². The van der Waals surface area contributed by atoms with Crippen LogP contribution >= 0.6 is 0 Å². The van der Waals surface area contributed by atoms with Gasteiger partial charge in [0.05, 0.1) is 17.0 Å². The molecule has 0 aliphatic heterocycles. The van der Waals surface area contributed by atoms with Gasteiger partial charge >= 0.3 is 0 Å². The lowest BCUT2D eigenvalue weighted by Crippen LogP contribution is -2.50. The van der Waals surface area contributed by atoms with Gasteiger partial charge in [-0.25, -0.2) is 4.98 Å². The van der Waals surface area contributed by atoms with Crippen molar-refractivity contribution in [3.63, 3.8) is 0 Å². The number of para-hydroxylation sites is 1. The average molecular weight is 312 g/mol. The van der Waals surface area contributed by atoms with Gasteiger partial charge in [-0.05, 0) is 31.9 Å². The molecule has 120 valence electrons. The van der Waals surface area contributed by atoms with Crippen LogP contribution in [0.25, 0.3) is 10.9 Å². The quantitative estimate of drug-likeness (QED) is 0.931. The minimum atomic E-state index is -0.973. The Bertz CT molecular complexity index is 848. The summed E-state index contributed by atoms with van der Waals surface area (Å²) in [6.45, 7) is 6.92. The van der Waals surface area contributed by atoms with Crippen LogP contribution in [0.2, 0.25) is 0 Å². The fourth-order valence-corrected chi connectivity index (χ4v) is 2.24. The molecule has 1 heterocycles. The first-order valence-electron chi connectivity index (χ1n) is 7.47. The van der Waals surface area contributed by atoms with Gasteiger partial charge in [-0.2, -0.15) is 5.26 Å². The number of hydrogen-bond acceptors (Lipinski definition) is 4. The fourth-order valence-electron chi connectivity index (χ4n) is 2.24. The molecular formula is C17H20N4O2. The van der Waals surface area contributed by atoms with Gasteiger partial charge in [0.1, 0.15) is 17.9 Å². The number of aromatic nitrogens is 2. The number of carbonyl (C=O) groups excluding carboxylic acids is 1. The zero-order chi connectivity index (χ0) is 17.2. The third kappa shape index (κ3) is 3.24. The largest absolute Gasteiger partial charge is 0.336 e. The van der Waals surface area contributed by atoms with E-state index in [4.69, 9.17) is 0 Å². The minimum absolute atomic E-state index is 0.0519. The third-order valence-corrected chi connectivity index (χ3v) is 4.14. The molecule has 0 radical (unpaired) electrons. The van der Waals surface area contributed by atoms with Gasteiger partial charge in [0.2, 0.25) is 5.91 Å². The summed E-state index contributed by atoms with van der Waals surface area (Å²) < 4.78 is 1.33. The number of nitrogens with zero attached hydrogens (tertiary/aromatic N) is 3. The molecule has 0 bridgehead atoms. The highest BCUT2D eigenvalue weighted by Crippen LogP contribution is 2.15. The van der Waals surface area contributed by atoms with Crippen LogP contribution in [0.5, 0.6) is 0 Å². The maximum absolute atomic E-state index is 12.5. The Hall–Kier alpha value is -2.68. The Morgan fingerprint density at radius 3 is 2.70 bits per heavy atom. The Morgan fingerprint density at radius 1 is 1.43 bits per heavy atom. The second-order valence-electron chi connectivity index (χ2n) is 6.08. The van der Waals surface area contributed by atoms with Crippen molar-refractivity contribution in [1.82, 2.24) is 14.9 Å². The van der Waals surface area contributed by atoms with E-state index >= 15 is 0 Å². The first-order chi connectivity index (χ1) is 10.8. The molecule has 1 atom stereocenters. The topological polar surface area (TPSA) is 87.8 Å². The van der Waals surface area contributed by atoms with Gasteiger partial charge in [-0.1, -0.05) is 26.0 Å². The van der Waals surface area contributed by atoms with Crippen molar-refractivity contribution in [3.05, 3.63) is 40.4 Å². The van der Waals surface area contributed by atoms with Gasteiger partial charge in [0.15, 0.2) is 0 Å². The van der Waals surface area contributed by atoms with Gasteiger partial charge in [-0.3, -0.25) is 14.2 Å². The molecule has 1 aromatic carbocycles. The first kappa shape index (κ1) is 16.7. The van der Waals surface area contributed by atoms with Crippen molar-refractivity contribution in [3.8, 4) is 6.07 Å². The highest BCUT2D eigenvalue weighted by Gasteiger charge is 2.30. The van der Waals surface area contributed by atoms with Crippen molar-refractivity contribution in [1.29, 1.82) is 5.26 Å². The van der Waals surface area contributed by atoms with Crippen LogP contribution in [0.1, 0.15) is 26.6 Å². The molecule has 2 aromatic rings. The molecule has 1 amide bonds. The number of hydrogen-bond donors (Lipinski definition) is 1. The molecule has 6 nitrogen and oxygen atoms in total. The molecule has 1 aromatic heterocycles. The second-order valence-corrected chi connectivity index (χ2v) is 6.08. The van der Waals surface area contributed by atoms with E-state index in [2.05, 4.69) is 16.4 Å². The second kappa shape index (κ2) is 6.21. The smallest absolute Gasteiger partial charge is 0.261 e. The summed E-state index contributed by atoms with van der Waals surface area (Å²) in [6, 6.07) is 9.14. The number of rotatable bonds is 4. The van der Waals surface area contributed by atoms with Crippen LogP contribution in [0, 0.1) is 24.2 Å². The molecule has 0 fully saturated rings. The van der Waals surface area contributed by atoms with Crippen LogP contribution in [-0.2, 0) is 11.3 Å². The summed E-state index contributed by atoms with van der Waals surface area (Å²) in [5.41, 5.74) is -0.624. The average Bonchev–Trinajstić information content (AvgIpc) is 2.51. The predicted octanol–water partition coefficient (Wildman–Crippen LogP) is 1.76. The first-order valence-corrected chi connectivity index (χ1v) is 7.47. The van der Waals surface area contributed by atoms with Crippen LogP contribution in [0.15, 0.2) is 29.1 Å². The summed E-state index contributed by atoms with van der Waals surface area (Å²) >= 11 is 0. The Labute approximate surface area is 134 Å². The summed E-state index contributed by atoms with van der Waals surface area (Å²) in [4.78, 5) is 29.2. The fraction of sp³-hybridized carbons (Fsp3) is 0.412. The lowest BCUT2D eigenvalue weighted by molar-refractivity contribution is -0.123. The molecule has 0 aliphatic rings. The number of amides is 1. The van der Waals surface area contributed by atoms with Crippen molar-refractivity contribution in [2.24, 2.45) is 5.92 Å². The summed E-state index contributed by atoms with van der Waals surface area (Å²) in [7, 11) is 0. The minimum Gasteiger partial charge on any atom is -0.336 e. The van der Waals surface area contributed by atoms with E-state index in [1.165, 1.54) is 4.57 Å². The highest BCUT2D eigenvalue weighted by atomic mass is 16.2. The number of nitrogens with one attached hydrogen (secondary N) is 1. The summed E-state index contributed by atoms with van der Waals surface area (Å²) in [5.74, 6) is 0.0288. The number of aryl methyl sites for hydroxylation is 1. The lowest BCUT2D eigenvalue weighted by atomic mass is 9.90. The van der Waals surface area contributed by atoms with Gasteiger partial charge in [-0.15, -0.1) is 0 Å². The molecule has 0 saturated carbocycles. The van der Waals surface area contributed by atoms with Crippen molar-refractivity contribution < 1.29 is 4.79 Å². The Kier molecular flexibility index (Phi) is 4.50. The molecule has 0 aliphatic carbocycles. The van der Waals surface area contributed by atoms with Gasteiger partial charge < -0.3 is 5.32 Å². The van der Waals surface area contributed by atoms with Crippen molar-refractivity contribution >= 4 is 16.8 Å². The maximum Gasteiger partial charge on any atom is 0.261 e. The summed E-state index contributed by atoms with van der Waals surface area (Å²) in [6.07, 6.45) is 0. The molecule has 0 spiro atoms. The number of fused-ring (bicyclic) bond motifs is 1. The van der Waals surface area contributed by atoms with E-state index in [0.29, 0.717) is 16.7 Å². The van der Waals surface area contributed by atoms with Crippen molar-refractivity contribution in [2.45, 2.75) is 39.8 Å².